The van der Waals surface area contributed by atoms with E-state index in [-0.39, 0.29) is 18.4 Å². The van der Waals surface area contributed by atoms with Gasteiger partial charge in [0.25, 0.3) is 0 Å². The largest absolute Gasteiger partial charge is 0.480 e. The fourth-order valence-electron chi connectivity index (χ4n) is 4.62. The second-order valence-corrected chi connectivity index (χ2v) is 9.79. The molecule has 6 rings (SSSR count). The molecule has 6 nitrogen and oxygen atoms in total. The van der Waals surface area contributed by atoms with Crippen LogP contribution in [0.2, 0.25) is 0 Å². The molecule has 0 unspecified atom stereocenters. The first-order valence-electron chi connectivity index (χ1n) is 10.9. The van der Waals surface area contributed by atoms with E-state index in [1.165, 1.54) is 17.4 Å². The maximum atomic E-state index is 15.1. The number of benzene rings is 2. The molecule has 0 saturated carbocycles. The maximum Gasteiger partial charge on any atom is 0.320 e. The summed E-state index contributed by atoms with van der Waals surface area (Å²) in [7, 11) is 0. The van der Waals surface area contributed by atoms with Crippen molar-refractivity contribution in [3.63, 3.8) is 0 Å². The van der Waals surface area contributed by atoms with E-state index in [4.69, 9.17) is 4.98 Å². The highest BCUT2D eigenvalue weighted by Gasteiger charge is 2.42. The number of halogens is 1. The zero-order valence-corrected chi connectivity index (χ0v) is 18.7. The van der Waals surface area contributed by atoms with Crippen LogP contribution in [0.15, 0.2) is 72.8 Å². The van der Waals surface area contributed by atoms with E-state index in [1.807, 2.05) is 30.3 Å². The maximum absolute atomic E-state index is 15.1. The number of rotatable bonds is 5. The number of carboxylic acids is 1. The van der Waals surface area contributed by atoms with Gasteiger partial charge in [-0.1, -0.05) is 59.9 Å². The Hall–Kier alpha value is -3.46. The van der Waals surface area contributed by atoms with Gasteiger partial charge in [-0.3, -0.25) is 4.79 Å². The highest BCUT2D eigenvalue weighted by atomic mass is 32.1. The van der Waals surface area contributed by atoms with E-state index in [1.54, 1.807) is 12.1 Å². The van der Waals surface area contributed by atoms with E-state index in [0.717, 1.165) is 16.1 Å². The summed E-state index contributed by atoms with van der Waals surface area (Å²) in [6.07, 6.45) is 4.22. The van der Waals surface area contributed by atoms with E-state index in [0.29, 0.717) is 21.7 Å². The van der Waals surface area contributed by atoms with Crippen molar-refractivity contribution in [2.45, 2.75) is 23.5 Å². The van der Waals surface area contributed by atoms with E-state index in [9.17, 15) is 15.0 Å². The number of carboxylic acid groups (broad SMARTS) is 1. The smallest absolute Gasteiger partial charge is 0.320 e. The zero-order valence-electron chi connectivity index (χ0n) is 17.9. The van der Waals surface area contributed by atoms with E-state index in [2.05, 4.69) is 34.6 Å². The third kappa shape index (κ3) is 3.34. The predicted octanol–water partition coefficient (Wildman–Crippen LogP) is 3.99. The van der Waals surface area contributed by atoms with Gasteiger partial charge in [0, 0.05) is 18.5 Å². The summed E-state index contributed by atoms with van der Waals surface area (Å²) in [4.78, 5) is 21.4. The van der Waals surface area contributed by atoms with Gasteiger partial charge in [-0.15, -0.1) is 0 Å². The standard InChI is InChI=1S/C26H20FN3O3S/c27-18-12-16(26(33)13-20(24(31)32)28-14-26)6-7-17(18)22-29-19-8-9-21(30-23(19)34-22)25(10-11-25)15-4-2-1-3-5-15/h1-12,20,28,33H,13-14H2,(H,31,32)/t20-,26-/m0/s1. The number of nitrogens with one attached hydrogen (secondary N) is 1. The van der Waals surface area contributed by atoms with Gasteiger partial charge < -0.3 is 15.5 Å². The summed E-state index contributed by atoms with van der Waals surface area (Å²) < 4.78 is 15.1. The molecule has 2 aromatic heterocycles. The molecule has 1 saturated heterocycles. The highest BCUT2D eigenvalue weighted by molar-refractivity contribution is 7.21. The number of thiazole rings is 1. The van der Waals surface area contributed by atoms with Crippen LogP contribution in [0.5, 0.6) is 0 Å². The molecule has 2 atom stereocenters. The number of aliphatic hydroxyl groups is 1. The molecular weight excluding hydrogens is 453 g/mol. The number of hydrogen-bond donors (Lipinski definition) is 3. The minimum Gasteiger partial charge on any atom is -0.480 e. The molecule has 0 radical (unpaired) electrons. The molecule has 3 N–H and O–H groups in total. The highest BCUT2D eigenvalue weighted by Crippen LogP contribution is 2.45. The number of β-amino-alcohol motifs (C(OH)–C–C–N with tert-alkyl or cyclic N) is 1. The fraction of sp³-hybridized carbons (Fsp3) is 0.192. The van der Waals surface area contributed by atoms with Gasteiger partial charge in [0.1, 0.15) is 32.8 Å². The van der Waals surface area contributed by atoms with Crippen LogP contribution < -0.4 is 5.32 Å². The molecule has 2 aliphatic rings. The van der Waals surface area contributed by atoms with Crippen LogP contribution in [0, 0.1) is 5.82 Å². The molecule has 4 aromatic rings. The summed E-state index contributed by atoms with van der Waals surface area (Å²) >= 11 is 1.32. The molecule has 3 heterocycles. The molecule has 0 bridgehead atoms. The Balaban J connectivity index is 1.32. The first-order chi connectivity index (χ1) is 16.4. The second kappa shape index (κ2) is 7.53. The molecule has 1 aliphatic heterocycles. The predicted molar refractivity (Wildman–Crippen MR) is 127 cm³/mol. The van der Waals surface area contributed by atoms with E-state index < -0.39 is 23.4 Å². The van der Waals surface area contributed by atoms with Gasteiger partial charge in [-0.2, -0.15) is 0 Å². The van der Waals surface area contributed by atoms with Gasteiger partial charge >= 0.3 is 5.97 Å². The lowest BCUT2D eigenvalue weighted by atomic mass is 9.89. The number of pyridine rings is 1. The monoisotopic (exact) mass is 473 g/mol. The van der Waals surface area contributed by atoms with Crippen LogP contribution >= 0.6 is 11.3 Å². The van der Waals surface area contributed by atoms with Crippen molar-refractivity contribution in [3.05, 3.63) is 95.5 Å². The van der Waals surface area contributed by atoms with Crippen molar-refractivity contribution in [2.24, 2.45) is 0 Å². The first kappa shape index (κ1) is 21.1. The van der Waals surface area contributed by atoms with Crippen LogP contribution in [0.25, 0.3) is 20.9 Å². The van der Waals surface area contributed by atoms with Crippen LogP contribution in [0.4, 0.5) is 4.39 Å². The summed E-state index contributed by atoms with van der Waals surface area (Å²) in [5.41, 5.74) is 1.68. The number of carbonyl (C=O) groups is 1. The number of aromatic nitrogens is 2. The van der Waals surface area contributed by atoms with E-state index >= 15 is 4.39 Å². The fourth-order valence-corrected chi connectivity index (χ4v) is 5.58. The van der Waals surface area contributed by atoms with Gasteiger partial charge in [-0.25, -0.2) is 14.4 Å². The average Bonchev–Trinajstić information content (AvgIpc) is 3.38. The number of aliphatic carboxylic acids is 1. The SMILES string of the molecule is O=C(O)[C@@H]1C[C@@](O)(c2ccc(-c3nc4ccc(C5(c6ccccc6)C=C5)nc4s3)c(F)c2)CN1. The van der Waals surface area contributed by atoms with Crippen molar-refractivity contribution >= 4 is 27.7 Å². The number of nitrogens with zero attached hydrogens (tertiary/aromatic N) is 2. The normalized spacial score (nSPS) is 22.8. The quantitative estimate of drug-likeness (QED) is 0.380. The van der Waals surface area contributed by atoms with Crippen molar-refractivity contribution in [1.82, 2.24) is 15.3 Å². The lowest BCUT2D eigenvalue weighted by Crippen LogP contribution is -2.30. The van der Waals surface area contributed by atoms with Gasteiger partial charge in [0.05, 0.1) is 11.1 Å². The van der Waals surface area contributed by atoms with Crippen LogP contribution in [0.1, 0.15) is 23.2 Å². The lowest BCUT2D eigenvalue weighted by molar-refractivity contribution is -0.139. The van der Waals surface area contributed by atoms with Crippen LogP contribution in [-0.2, 0) is 15.8 Å². The Kier molecular flexibility index (Phi) is 4.67. The minimum atomic E-state index is -1.44. The summed E-state index contributed by atoms with van der Waals surface area (Å²) in [6, 6.07) is 17.6. The Bertz CT molecular complexity index is 1460. The van der Waals surface area contributed by atoms with Crippen LogP contribution in [0.3, 0.4) is 0 Å². The summed E-state index contributed by atoms with van der Waals surface area (Å²) in [5, 5.41) is 23.3. The number of hydrogen-bond acceptors (Lipinski definition) is 6. The average molecular weight is 474 g/mol. The van der Waals surface area contributed by atoms with Crippen molar-refractivity contribution in [1.29, 1.82) is 0 Å². The second-order valence-electron chi connectivity index (χ2n) is 8.81. The topological polar surface area (TPSA) is 95.3 Å². The molecule has 170 valence electrons. The first-order valence-corrected chi connectivity index (χ1v) is 11.7. The summed E-state index contributed by atoms with van der Waals surface area (Å²) in [6.45, 7) is 0.0494. The molecule has 2 aromatic carbocycles. The minimum absolute atomic E-state index is 0.0217. The van der Waals surface area contributed by atoms with Crippen molar-refractivity contribution < 1.29 is 19.4 Å². The Labute approximate surface area is 198 Å². The Morgan fingerprint density at radius 2 is 1.85 bits per heavy atom. The van der Waals surface area contributed by atoms with Crippen LogP contribution in [-0.4, -0.2) is 38.7 Å². The van der Waals surface area contributed by atoms with Crippen molar-refractivity contribution in [3.8, 4) is 10.6 Å². The lowest BCUT2D eigenvalue weighted by Gasteiger charge is -2.22. The molecular formula is C26H20FN3O3S. The molecule has 8 heteroatoms. The third-order valence-electron chi connectivity index (χ3n) is 6.65. The summed E-state index contributed by atoms with van der Waals surface area (Å²) in [5.74, 6) is -1.56. The number of allylic oxidation sites excluding steroid dienone is 2. The van der Waals surface area contributed by atoms with Gasteiger partial charge in [0.2, 0.25) is 0 Å². The zero-order chi connectivity index (χ0) is 23.5. The number of fused-ring (bicyclic) bond motifs is 1. The molecule has 0 amide bonds. The Morgan fingerprint density at radius 3 is 2.53 bits per heavy atom. The molecule has 1 aliphatic carbocycles. The van der Waals surface area contributed by atoms with Gasteiger partial charge in [0.15, 0.2) is 0 Å². The van der Waals surface area contributed by atoms with Crippen molar-refractivity contribution in [2.75, 3.05) is 6.54 Å². The molecule has 0 spiro atoms. The van der Waals surface area contributed by atoms with Gasteiger partial charge in [-0.05, 0) is 35.4 Å². The third-order valence-corrected chi connectivity index (χ3v) is 7.65. The molecule has 34 heavy (non-hydrogen) atoms. The Morgan fingerprint density at radius 1 is 1.06 bits per heavy atom. The molecule has 1 fully saturated rings.